The Kier molecular flexibility index (Phi) is 6.61. The van der Waals surface area contributed by atoms with E-state index in [0.717, 1.165) is 17.0 Å². The zero-order chi connectivity index (χ0) is 21.9. The van der Waals surface area contributed by atoms with Crippen LogP contribution in [0.25, 0.3) is 0 Å². The van der Waals surface area contributed by atoms with Crippen molar-refractivity contribution >= 4 is 11.9 Å². The van der Waals surface area contributed by atoms with Gasteiger partial charge in [0.25, 0.3) is 5.91 Å². The van der Waals surface area contributed by atoms with E-state index in [9.17, 15) is 9.59 Å². The summed E-state index contributed by atoms with van der Waals surface area (Å²) in [5, 5.41) is 3.03. The second-order valence-corrected chi connectivity index (χ2v) is 9.22. The van der Waals surface area contributed by atoms with Crippen molar-refractivity contribution < 1.29 is 14.5 Å². The third-order valence-electron chi connectivity index (χ3n) is 5.74. The van der Waals surface area contributed by atoms with Gasteiger partial charge < -0.3 is 10.2 Å². The average molecular weight is 409 g/mol. The predicted molar refractivity (Wildman–Crippen MR) is 119 cm³/mol. The van der Waals surface area contributed by atoms with Gasteiger partial charge in [0.2, 0.25) is 0 Å². The van der Waals surface area contributed by atoms with E-state index in [1.807, 2.05) is 37.4 Å². The van der Waals surface area contributed by atoms with Crippen molar-refractivity contribution in [1.29, 1.82) is 0 Å². The molecule has 1 aliphatic heterocycles. The lowest BCUT2D eigenvalue weighted by Gasteiger charge is -2.29. The molecule has 0 saturated carbocycles. The van der Waals surface area contributed by atoms with Crippen LogP contribution in [0.4, 0.5) is 4.79 Å². The first-order valence-corrected chi connectivity index (χ1v) is 10.8. The summed E-state index contributed by atoms with van der Waals surface area (Å²) < 4.78 is 0. The molecule has 0 radical (unpaired) electrons. The summed E-state index contributed by atoms with van der Waals surface area (Å²) in [6.45, 7) is 9.59. The predicted octanol–water partition coefficient (Wildman–Crippen LogP) is 3.28. The highest BCUT2D eigenvalue weighted by Gasteiger charge is 2.53. The number of quaternary nitrogens is 1. The van der Waals surface area contributed by atoms with Gasteiger partial charge in [-0.15, -0.1) is 0 Å². The van der Waals surface area contributed by atoms with E-state index >= 15 is 0 Å². The first-order valence-electron chi connectivity index (χ1n) is 10.8. The highest BCUT2D eigenvalue weighted by molar-refractivity contribution is 6.07. The summed E-state index contributed by atoms with van der Waals surface area (Å²) in [5.41, 5.74) is 2.37. The fraction of sp³-hybridized carbons (Fsp3) is 0.440. The monoisotopic (exact) mass is 408 g/mol. The molecule has 0 aliphatic carbocycles. The SMILES string of the molecule is CC(C)C[C@@]1(c2ccccc2)NC(=O)N(C[NH+](C)Cc2ccc(C(C)C)cc2)C1=O. The Morgan fingerprint density at radius 3 is 2.17 bits per heavy atom. The standard InChI is InChI=1S/C25H33N3O2/c1-18(2)15-25(22-9-7-6-8-10-22)23(29)28(24(30)26-25)17-27(5)16-20-11-13-21(14-12-20)19(3)4/h6-14,18-19H,15-17H2,1-5H3,(H,26,30)/p+1/t25-/m0/s1. The number of nitrogens with one attached hydrogen (secondary N) is 2. The topological polar surface area (TPSA) is 53.9 Å². The summed E-state index contributed by atoms with van der Waals surface area (Å²) in [6.07, 6.45) is 0.577. The Bertz CT molecular complexity index is 877. The number of benzene rings is 2. The molecule has 1 unspecified atom stereocenters. The molecule has 0 aromatic heterocycles. The summed E-state index contributed by atoms with van der Waals surface area (Å²) >= 11 is 0. The van der Waals surface area contributed by atoms with Gasteiger partial charge in [0.1, 0.15) is 12.1 Å². The van der Waals surface area contributed by atoms with Crippen molar-refractivity contribution in [2.45, 2.75) is 52.1 Å². The minimum atomic E-state index is -0.980. The van der Waals surface area contributed by atoms with Gasteiger partial charge in [0, 0.05) is 5.56 Å². The third kappa shape index (κ3) is 4.57. The molecule has 2 N–H and O–H groups in total. The highest BCUT2D eigenvalue weighted by Crippen LogP contribution is 2.34. The number of hydrogen-bond donors (Lipinski definition) is 2. The van der Waals surface area contributed by atoms with Crippen LogP contribution in [0.1, 0.15) is 56.7 Å². The minimum Gasteiger partial charge on any atom is -0.319 e. The molecule has 2 aromatic carbocycles. The maximum atomic E-state index is 13.5. The van der Waals surface area contributed by atoms with Crippen molar-refractivity contribution in [2.24, 2.45) is 5.92 Å². The molecule has 1 heterocycles. The Hall–Kier alpha value is -2.66. The van der Waals surface area contributed by atoms with Gasteiger partial charge in [0.05, 0.1) is 7.05 Å². The van der Waals surface area contributed by atoms with Crippen LogP contribution in [-0.4, -0.2) is 30.6 Å². The Balaban J connectivity index is 1.76. The maximum Gasteiger partial charge on any atom is 0.329 e. The van der Waals surface area contributed by atoms with E-state index in [1.54, 1.807) is 0 Å². The maximum absolute atomic E-state index is 13.5. The smallest absolute Gasteiger partial charge is 0.319 e. The van der Waals surface area contributed by atoms with Gasteiger partial charge in [-0.1, -0.05) is 82.3 Å². The van der Waals surface area contributed by atoms with Crippen LogP contribution in [0.3, 0.4) is 0 Å². The van der Waals surface area contributed by atoms with Gasteiger partial charge >= 0.3 is 6.03 Å². The van der Waals surface area contributed by atoms with Crippen LogP contribution in [-0.2, 0) is 16.9 Å². The van der Waals surface area contributed by atoms with Crippen molar-refractivity contribution in [1.82, 2.24) is 10.2 Å². The summed E-state index contributed by atoms with van der Waals surface area (Å²) in [6, 6.07) is 17.9. The number of carbonyl (C=O) groups is 2. The number of carbonyl (C=O) groups excluding carboxylic acids is 2. The molecule has 2 atom stereocenters. The lowest BCUT2D eigenvalue weighted by atomic mass is 9.82. The largest absolute Gasteiger partial charge is 0.329 e. The molecular formula is C25H34N3O2+. The molecule has 1 saturated heterocycles. The number of rotatable bonds is 8. The first-order chi connectivity index (χ1) is 14.2. The second-order valence-electron chi connectivity index (χ2n) is 9.22. The Morgan fingerprint density at radius 1 is 0.967 bits per heavy atom. The van der Waals surface area contributed by atoms with Gasteiger partial charge in [0.15, 0.2) is 6.67 Å². The lowest BCUT2D eigenvalue weighted by molar-refractivity contribution is -0.901. The van der Waals surface area contributed by atoms with Crippen molar-refractivity contribution in [2.75, 3.05) is 13.7 Å². The summed E-state index contributed by atoms with van der Waals surface area (Å²) in [4.78, 5) is 28.8. The first kappa shape index (κ1) is 22.0. The van der Waals surface area contributed by atoms with Crippen molar-refractivity contribution in [3.63, 3.8) is 0 Å². The van der Waals surface area contributed by atoms with E-state index < -0.39 is 5.54 Å². The van der Waals surface area contributed by atoms with E-state index in [1.165, 1.54) is 16.0 Å². The van der Waals surface area contributed by atoms with Crippen LogP contribution in [0.15, 0.2) is 54.6 Å². The minimum absolute atomic E-state index is 0.151. The van der Waals surface area contributed by atoms with Crippen molar-refractivity contribution in [3.8, 4) is 0 Å². The molecule has 2 aromatic rings. The molecule has 3 amide bonds. The Labute approximate surface area is 180 Å². The van der Waals surface area contributed by atoms with E-state index in [2.05, 4.69) is 57.3 Å². The molecule has 5 nitrogen and oxygen atoms in total. The zero-order valence-corrected chi connectivity index (χ0v) is 18.7. The summed E-state index contributed by atoms with van der Waals surface area (Å²) in [5.74, 6) is 0.614. The van der Waals surface area contributed by atoms with Crippen LogP contribution < -0.4 is 10.2 Å². The van der Waals surface area contributed by atoms with Gasteiger partial charge in [-0.2, -0.15) is 0 Å². The van der Waals surface area contributed by atoms with E-state index in [0.29, 0.717) is 19.0 Å². The van der Waals surface area contributed by atoms with E-state index in [4.69, 9.17) is 0 Å². The second kappa shape index (κ2) is 9.00. The van der Waals surface area contributed by atoms with Gasteiger partial charge in [-0.05, 0) is 29.4 Å². The molecular weight excluding hydrogens is 374 g/mol. The normalized spacial score (nSPS) is 20.2. The van der Waals surface area contributed by atoms with Crippen LogP contribution in [0.2, 0.25) is 0 Å². The lowest BCUT2D eigenvalue weighted by Crippen LogP contribution is -3.09. The molecule has 0 bridgehead atoms. The van der Waals surface area contributed by atoms with Crippen LogP contribution >= 0.6 is 0 Å². The van der Waals surface area contributed by atoms with Crippen LogP contribution in [0, 0.1) is 5.92 Å². The molecule has 0 spiro atoms. The zero-order valence-electron chi connectivity index (χ0n) is 18.7. The molecule has 1 aliphatic rings. The molecule has 160 valence electrons. The Morgan fingerprint density at radius 2 is 1.60 bits per heavy atom. The third-order valence-corrected chi connectivity index (χ3v) is 5.74. The molecule has 30 heavy (non-hydrogen) atoms. The average Bonchev–Trinajstić information content (AvgIpc) is 2.93. The van der Waals surface area contributed by atoms with Crippen LogP contribution in [0.5, 0.6) is 0 Å². The highest BCUT2D eigenvalue weighted by atomic mass is 16.2. The molecule has 3 rings (SSSR count). The number of nitrogens with zero attached hydrogens (tertiary/aromatic N) is 1. The molecule has 1 fully saturated rings. The number of imide groups is 1. The fourth-order valence-corrected chi connectivity index (χ4v) is 4.25. The van der Waals surface area contributed by atoms with Gasteiger partial charge in [-0.3, -0.25) is 4.79 Å². The van der Waals surface area contributed by atoms with E-state index in [-0.39, 0.29) is 17.9 Å². The molecule has 5 heteroatoms. The summed E-state index contributed by atoms with van der Waals surface area (Å²) in [7, 11) is 2.02. The number of hydrogen-bond acceptors (Lipinski definition) is 2. The van der Waals surface area contributed by atoms with Crippen molar-refractivity contribution in [3.05, 3.63) is 71.3 Å². The number of urea groups is 1. The fourth-order valence-electron chi connectivity index (χ4n) is 4.25. The quantitative estimate of drug-likeness (QED) is 0.659. The van der Waals surface area contributed by atoms with Gasteiger partial charge in [-0.25, -0.2) is 9.69 Å². The number of amides is 3.